The zero-order chi connectivity index (χ0) is 19.0. The van der Waals surface area contributed by atoms with Crippen LogP contribution in [0.3, 0.4) is 0 Å². The molecule has 23 heavy (non-hydrogen) atoms. The van der Waals surface area contributed by atoms with Gasteiger partial charge in [0.25, 0.3) is 0 Å². The van der Waals surface area contributed by atoms with E-state index in [0.717, 1.165) is 16.6 Å². The molecule has 0 nitrogen and oxygen atoms in total. The van der Waals surface area contributed by atoms with E-state index >= 15 is 0 Å². The molecular weight excluding hydrogens is 535 g/mol. The Morgan fingerprint density at radius 1 is 0.435 bits per heavy atom. The third-order valence-corrected chi connectivity index (χ3v) is 6.00. The molecule has 0 spiro atoms. The van der Waals surface area contributed by atoms with Crippen LogP contribution in [0.25, 0.3) is 0 Å². The third kappa shape index (κ3) is 59.0. The van der Waals surface area contributed by atoms with Gasteiger partial charge in [0, 0.05) is 17.6 Å². The summed E-state index contributed by atoms with van der Waals surface area (Å²) >= 11 is -1.00. The minimum Gasteiger partial charge on any atom is 0 e. The van der Waals surface area contributed by atoms with Gasteiger partial charge in [0.1, 0.15) is 0 Å². The predicted molar refractivity (Wildman–Crippen MR) is 127 cm³/mol. The van der Waals surface area contributed by atoms with Gasteiger partial charge in [-0.15, -0.1) is 0 Å². The first-order chi connectivity index (χ1) is 9.66. The minimum atomic E-state index is -0.333. The van der Waals surface area contributed by atoms with Crippen LogP contribution in [0.15, 0.2) is 0 Å². The van der Waals surface area contributed by atoms with Crippen molar-refractivity contribution >= 4 is 69.4 Å². The summed E-state index contributed by atoms with van der Waals surface area (Å²) in [6, 6.07) is 0. The van der Waals surface area contributed by atoms with Crippen molar-refractivity contribution in [3.8, 4) is 0 Å². The van der Waals surface area contributed by atoms with Gasteiger partial charge in [-0.3, -0.25) is 0 Å². The second kappa shape index (κ2) is 24.4. The molecule has 0 aliphatic rings. The summed E-state index contributed by atoms with van der Waals surface area (Å²) in [7, 11) is -0.0957. The molecule has 140 valence electrons. The normalized spacial score (nSPS) is 10.2. The molecule has 0 aliphatic carbocycles. The average Bonchev–Trinajstić information content (AvgIpc) is 2.10. The Bertz CT molecular complexity index is 152. The monoisotopic (exact) mass is 588 g/mol. The van der Waals surface area contributed by atoms with Crippen LogP contribution in [-0.2, 0) is 0 Å². The van der Waals surface area contributed by atoms with Gasteiger partial charge >= 0.3 is 94.9 Å². The van der Waals surface area contributed by atoms with E-state index in [0.29, 0.717) is 0 Å². The summed E-state index contributed by atoms with van der Waals surface area (Å²) in [5, 5.41) is 0. The minimum absolute atomic E-state index is 0. The SMILES string of the molecule is CC(C)[Si](C(C)C)C(C)C.[CH3][Ge]([CH3])[CH3].[CH3][Ge]([CH3])[CH3].[CH3][Ge]([CH3])[CH3].[Ge]. The summed E-state index contributed by atoms with van der Waals surface area (Å²) in [6.07, 6.45) is 0. The van der Waals surface area contributed by atoms with Crippen LogP contribution in [-0.4, -0.2) is 69.4 Å². The third-order valence-electron chi connectivity index (χ3n) is 2.00. The van der Waals surface area contributed by atoms with Crippen LogP contribution >= 0.6 is 0 Å². The molecule has 0 saturated heterocycles. The van der Waals surface area contributed by atoms with Crippen molar-refractivity contribution in [3.63, 3.8) is 0 Å². The second-order valence-electron chi connectivity index (χ2n) is 8.46. The molecule has 5 heteroatoms. The van der Waals surface area contributed by atoms with E-state index in [1.54, 1.807) is 0 Å². The number of hydrogen-bond donors (Lipinski definition) is 0. The van der Waals surface area contributed by atoms with Crippen LogP contribution in [0, 0.1) is 0 Å². The quantitative estimate of drug-likeness (QED) is 0.303. The number of rotatable bonds is 3. The van der Waals surface area contributed by atoms with Gasteiger partial charge in [-0.05, 0) is 0 Å². The molecule has 0 bridgehead atoms. The molecule has 0 fully saturated rings. The van der Waals surface area contributed by atoms with E-state index in [1.165, 1.54) is 0 Å². The topological polar surface area (TPSA) is 0 Å². The molecule has 0 aromatic carbocycles. The smallest absolute Gasteiger partial charge is 0 e. The summed E-state index contributed by atoms with van der Waals surface area (Å²) in [5.74, 6) is 21.0. The van der Waals surface area contributed by atoms with E-state index in [-0.39, 0.29) is 69.4 Å². The standard InChI is InChI=1S/C9H21Si.3C3H9Ge.Ge/c1-7(2)10(8(3)4)9(5)6;3*1-4(2)3;/h7-9H,1-6H3;3*1-3H3;. The zero-order valence-electron chi connectivity index (χ0n) is 19.2. The average molecular weight is 583 g/mol. The van der Waals surface area contributed by atoms with Gasteiger partial charge in [-0.1, -0.05) is 58.2 Å². The molecule has 0 rings (SSSR count). The Balaban J connectivity index is -0.0000000700. The molecule has 0 saturated carbocycles. The molecule has 0 aliphatic heterocycles. The van der Waals surface area contributed by atoms with Crippen LogP contribution in [0.1, 0.15) is 41.5 Å². The van der Waals surface area contributed by atoms with Gasteiger partial charge in [-0.2, -0.15) is 0 Å². The van der Waals surface area contributed by atoms with Crippen molar-refractivity contribution in [3.05, 3.63) is 0 Å². The molecule has 0 unspecified atom stereocenters. The van der Waals surface area contributed by atoms with Crippen LogP contribution in [0.2, 0.25) is 68.4 Å². The maximum Gasteiger partial charge on any atom is 0 e. The summed E-state index contributed by atoms with van der Waals surface area (Å²) < 4.78 is 0. The van der Waals surface area contributed by atoms with Gasteiger partial charge in [-0.25, -0.2) is 0 Å². The van der Waals surface area contributed by atoms with Crippen molar-refractivity contribution < 1.29 is 0 Å². The molecule has 0 amide bonds. The molecule has 0 aromatic heterocycles. The van der Waals surface area contributed by atoms with Gasteiger partial charge in [0.15, 0.2) is 0 Å². The fraction of sp³-hybridized carbons (Fsp3) is 1.00. The van der Waals surface area contributed by atoms with Crippen molar-refractivity contribution in [2.45, 2.75) is 110 Å². The van der Waals surface area contributed by atoms with Crippen LogP contribution in [0.4, 0.5) is 0 Å². The zero-order valence-corrected chi connectivity index (χ0v) is 28.6. The summed E-state index contributed by atoms with van der Waals surface area (Å²) in [6.45, 7) is 14.2. The van der Waals surface area contributed by atoms with E-state index < -0.39 is 0 Å². The molecule has 8 radical (unpaired) electrons. The molecule has 0 aromatic rings. The molecule has 0 N–H and O–H groups in total. The fourth-order valence-electron chi connectivity index (χ4n) is 2.00. The summed E-state index contributed by atoms with van der Waals surface area (Å²) in [5.41, 5.74) is 2.81. The first-order valence-corrected chi connectivity index (χ1v) is 29.4. The Morgan fingerprint density at radius 2 is 0.522 bits per heavy atom. The van der Waals surface area contributed by atoms with Crippen molar-refractivity contribution in [2.24, 2.45) is 0 Å². The Hall–Kier alpha value is 2.39. The Morgan fingerprint density at radius 3 is 0.522 bits per heavy atom. The second-order valence-corrected chi connectivity index (χ2v) is 31.8. The fourth-order valence-corrected chi connectivity index (χ4v) is 6.00. The molecule has 0 heterocycles. The Kier molecular flexibility index (Phi) is 38.5. The van der Waals surface area contributed by atoms with Crippen LogP contribution < -0.4 is 0 Å². The van der Waals surface area contributed by atoms with E-state index in [9.17, 15) is 0 Å². The van der Waals surface area contributed by atoms with Gasteiger partial charge in [0.05, 0.1) is 8.80 Å². The van der Waals surface area contributed by atoms with E-state index in [4.69, 9.17) is 0 Å². The molecule has 0 atom stereocenters. The maximum absolute atomic E-state index is 2.37. The van der Waals surface area contributed by atoms with Crippen molar-refractivity contribution in [1.29, 1.82) is 0 Å². The van der Waals surface area contributed by atoms with E-state index in [1.807, 2.05) is 0 Å². The predicted octanol–water partition coefficient (Wildman–Crippen LogP) is 7.44. The van der Waals surface area contributed by atoms with Crippen LogP contribution in [0.5, 0.6) is 0 Å². The first kappa shape index (κ1) is 36.3. The van der Waals surface area contributed by atoms with Crippen molar-refractivity contribution in [1.82, 2.24) is 0 Å². The van der Waals surface area contributed by atoms with Gasteiger partial charge < -0.3 is 0 Å². The largest absolute Gasteiger partial charge is 0 e. The molecular formula is C18H48Ge4Si. The van der Waals surface area contributed by atoms with Crippen molar-refractivity contribution in [2.75, 3.05) is 0 Å². The maximum atomic E-state index is 2.37. The van der Waals surface area contributed by atoms with E-state index in [2.05, 4.69) is 93.3 Å². The Labute approximate surface area is 178 Å². The summed E-state index contributed by atoms with van der Waals surface area (Å²) in [4.78, 5) is 0. The first-order valence-electron chi connectivity index (χ1n) is 8.83. The number of hydrogen-bond acceptors (Lipinski definition) is 0. The van der Waals surface area contributed by atoms with Gasteiger partial charge in [0.2, 0.25) is 0 Å².